The first-order valence-corrected chi connectivity index (χ1v) is 9.41. The number of hydrogen-bond donors (Lipinski definition) is 1. The number of benzene rings is 3. The Morgan fingerprint density at radius 1 is 0.852 bits per heavy atom. The zero-order valence-electron chi connectivity index (χ0n) is 15.5. The largest absolute Gasteiger partial charge is 0.497 e. The predicted octanol–water partition coefficient (Wildman–Crippen LogP) is 5.26. The number of methoxy groups -OCH3 is 1. The van der Waals surface area contributed by atoms with Crippen molar-refractivity contribution in [3.63, 3.8) is 0 Å². The average molecular weight is 382 g/mol. The van der Waals surface area contributed by atoms with Crippen molar-refractivity contribution in [3.8, 4) is 11.5 Å². The van der Waals surface area contributed by atoms with Gasteiger partial charge in [0.15, 0.2) is 0 Å². The van der Waals surface area contributed by atoms with Gasteiger partial charge in [-0.1, -0.05) is 54.1 Å². The molecule has 0 unspecified atom stereocenters. The zero-order valence-corrected chi connectivity index (χ0v) is 16.2. The molecule has 3 aromatic carbocycles. The van der Waals surface area contributed by atoms with Crippen LogP contribution in [-0.4, -0.2) is 13.7 Å². The highest BCUT2D eigenvalue weighted by Gasteiger charge is 2.02. The van der Waals surface area contributed by atoms with Crippen LogP contribution in [0.25, 0.3) is 0 Å². The molecule has 0 aliphatic rings. The second kappa shape index (κ2) is 10.0. The molecular formula is C23H24ClNO2. The molecule has 0 atom stereocenters. The summed E-state index contributed by atoms with van der Waals surface area (Å²) in [6.45, 7) is 2.19. The normalized spacial score (nSPS) is 10.6. The van der Waals surface area contributed by atoms with Crippen molar-refractivity contribution in [2.24, 2.45) is 0 Å². The van der Waals surface area contributed by atoms with E-state index in [-0.39, 0.29) is 0 Å². The zero-order chi connectivity index (χ0) is 18.9. The Hall–Kier alpha value is -2.49. The molecule has 140 valence electrons. The van der Waals surface area contributed by atoms with Crippen molar-refractivity contribution in [2.45, 2.75) is 19.6 Å². The van der Waals surface area contributed by atoms with Gasteiger partial charge < -0.3 is 14.8 Å². The van der Waals surface area contributed by atoms with Crippen LogP contribution in [0, 0.1) is 0 Å². The van der Waals surface area contributed by atoms with Gasteiger partial charge in [-0.3, -0.25) is 0 Å². The molecule has 4 heteroatoms. The fourth-order valence-corrected chi connectivity index (χ4v) is 2.97. The Labute approximate surface area is 165 Å². The summed E-state index contributed by atoms with van der Waals surface area (Å²) >= 11 is 6.18. The lowest BCUT2D eigenvalue weighted by atomic mass is 10.1. The van der Waals surface area contributed by atoms with Crippen LogP contribution in [0.5, 0.6) is 11.5 Å². The van der Waals surface area contributed by atoms with Crippen LogP contribution in [0.3, 0.4) is 0 Å². The first-order chi connectivity index (χ1) is 13.2. The van der Waals surface area contributed by atoms with E-state index in [0.717, 1.165) is 41.6 Å². The van der Waals surface area contributed by atoms with Gasteiger partial charge in [0.05, 0.1) is 7.11 Å². The van der Waals surface area contributed by atoms with Gasteiger partial charge in [-0.05, 0) is 54.4 Å². The number of ether oxygens (including phenoxy) is 2. The molecule has 0 aromatic heterocycles. The molecule has 3 rings (SSSR count). The maximum Gasteiger partial charge on any atom is 0.120 e. The Morgan fingerprint density at radius 3 is 2.44 bits per heavy atom. The SMILES string of the molecule is COc1ccc(CCNCc2cccc(OCc3ccccc3Cl)c2)cc1. The third kappa shape index (κ3) is 6.02. The fraction of sp³-hybridized carbons (Fsp3) is 0.217. The molecule has 0 radical (unpaired) electrons. The molecular weight excluding hydrogens is 358 g/mol. The minimum atomic E-state index is 0.466. The third-order valence-electron chi connectivity index (χ3n) is 4.33. The minimum absolute atomic E-state index is 0.466. The molecule has 0 amide bonds. The van der Waals surface area contributed by atoms with Crippen LogP contribution in [0.1, 0.15) is 16.7 Å². The summed E-state index contributed by atoms with van der Waals surface area (Å²) in [5, 5.41) is 4.21. The van der Waals surface area contributed by atoms with Gasteiger partial charge >= 0.3 is 0 Å². The van der Waals surface area contributed by atoms with Crippen molar-refractivity contribution >= 4 is 11.6 Å². The highest BCUT2D eigenvalue weighted by Crippen LogP contribution is 2.19. The van der Waals surface area contributed by atoms with Crippen molar-refractivity contribution in [2.75, 3.05) is 13.7 Å². The van der Waals surface area contributed by atoms with Crippen LogP contribution in [-0.2, 0) is 19.6 Å². The van der Waals surface area contributed by atoms with E-state index in [1.54, 1.807) is 7.11 Å². The van der Waals surface area contributed by atoms with Gasteiger partial charge in [0.25, 0.3) is 0 Å². The van der Waals surface area contributed by atoms with Gasteiger partial charge in [0, 0.05) is 17.1 Å². The fourth-order valence-electron chi connectivity index (χ4n) is 2.78. The van der Waals surface area contributed by atoms with E-state index < -0.39 is 0 Å². The summed E-state index contributed by atoms with van der Waals surface area (Å²) in [6, 6.07) is 24.1. The summed E-state index contributed by atoms with van der Waals surface area (Å²) in [5.74, 6) is 1.74. The van der Waals surface area contributed by atoms with E-state index >= 15 is 0 Å². The first kappa shape index (κ1) is 19.3. The van der Waals surface area contributed by atoms with Crippen LogP contribution >= 0.6 is 11.6 Å². The summed E-state index contributed by atoms with van der Waals surface area (Å²) < 4.78 is 11.1. The third-order valence-corrected chi connectivity index (χ3v) is 4.70. The summed E-state index contributed by atoms with van der Waals surface area (Å²) in [7, 11) is 1.68. The van der Waals surface area contributed by atoms with Crippen molar-refractivity contribution < 1.29 is 9.47 Å². The van der Waals surface area contributed by atoms with Gasteiger partial charge in [0.2, 0.25) is 0 Å². The molecule has 0 saturated heterocycles. The monoisotopic (exact) mass is 381 g/mol. The standard InChI is InChI=1S/C23H24ClNO2/c1-26-21-11-9-18(10-12-21)13-14-25-16-19-5-4-7-22(15-19)27-17-20-6-2-3-8-23(20)24/h2-12,15,25H,13-14,16-17H2,1H3. The number of hydrogen-bond acceptors (Lipinski definition) is 3. The molecule has 0 heterocycles. The second-order valence-electron chi connectivity index (χ2n) is 6.30. The van der Waals surface area contributed by atoms with Gasteiger partial charge in [-0.2, -0.15) is 0 Å². The summed E-state index contributed by atoms with van der Waals surface area (Å²) in [4.78, 5) is 0. The Bertz CT molecular complexity index is 849. The van der Waals surface area contributed by atoms with E-state index in [2.05, 4.69) is 29.6 Å². The molecule has 0 fully saturated rings. The van der Waals surface area contributed by atoms with Gasteiger partial charge in [-0.15, -0.1) is 0 Å². The van der Waals surface area contributed by atoms with Crippen molar-refractivity contribution in [1.29, 1.82) is 0 Å². The van der Waals surface area contributed by atoms with Crippen LogP contribution in [0.2, 0.25) is 5.02 Å². The van der Waals surface area contributed by atoms with E-state index in [0.29, 0.717) is 6.61 Å². The summed E-state index contributed by atoms with van der Waals surface area (Å²) in [5.41, 5.74) is 3.48. The number of rotatable bonds is 9. The van der Waals surface area contributed by atoms with Crippen LogP contribution in [0.4, 0.5) is 0 Å². The first-order valence-electron chi connectivity index (χ1n) is 9.03. The van der Waals surface area contributed by atoms with E-state index in [9.17, 15) is 0 Å². The van der Waals surface area contributed by atoms with Crippen molar-refractivity contribution in [3.05, 3.63) is 94.5 Å². The van der Waals surface area contributed by atoms with Crippen LogP contribution in [0.15, 0.2) is 72.8 Å². The lowest BCUT2D eigenvalue weighted by molar-refractivity contribution is 0.306. The molecule has 0 bridgehead atoms. The van der Waals surface area contributed by atoms with E-state index in [1.807, 2.05) is 48.5 Å². The topological polar surface area (TPSA) is 30.5 Å². The maximum atomic E-state index is 6.18. The quantitative estimate of drug-likeness (QED) is 0.513. The minimum Gasteiger partial charge on any atom is -0.497 e. The van der Waals surface area contributed by atoms with Gasteiger partial charge in [0.1, 0.15) is 18.1 Å². The maximum absolute atomic E-state index is 6.18. The Balaban J connectivity index is 1.45. The van der Waals surface area contributed by atoms with Crippen LogP contribution < -0.4 is 14.8 Å². The molecule has 1 N–H and O–H groups in total. The predicted molar refractivity (Wildman–Crippen MR) is 111 cm³/mol. The molecule has 27 heavy (non-hydrogen) atoms. The molecule has 0 spiro atoms. The Kier molecular flexibility index (Phi) is 7.14. The molecule has 0 aliphatic heterocycles. The highest BCUT2D eigenvalue weighted by molar-refractivity contribution is 6.31. The molecule has 0 saturated carbocycles. The highest BCUT2D eigenvalue weighted by atomic mass is 35.5. The molecule has 0 aliphatic carbocycles. The van der Waals surface area contributed by atoms with Gasteiger partial charge in [-0.25, -0.2) is 0 Å². The smallest absolute Gasteiger partial charge is 0.120 e. The van der Waals surface area contributed by atoms with E-state index in [1.165, 1.54) is 11.1 Å². The van der Waals surface area contributed by atoms with Crippen molar-refractivity contribution in [1.82, 2.24) is 5.32 Å². The number of nitrogens with one attached hydrogen (secondary N) is 1. The average Bonchev–Trinajstić information content (AvgIpc) is 2.71. The van der Waals surface area contributed by atoms with E-state index in [4.69, 9.17) is 21.1 Å². The molecule has 3 aromatic rings. The second-order valence-corrected chi connectivity index (χ2v) is 6.71. The summed E-state index contributed by atoms with van der Waals surface area (Å²) in [6.07, 6.45) is 0.979. The molecule has 3 nitrogen and oxygen atoms in total. The lowest BCUT2D eigenvalue weighted by Crippen LogP contribution is -2.16. The lowest BCUT2D eigenvalue weighted by Gasteiger charge is -2.10. The number of halogens is 1. The Morgan fingerprint density at radius 2 is 1.67 bits per heavy atom.